The Labute approximate surface area is 144 Å². The molecule has 136 valence electrons. The van der Waals surface area contributed by atoms with Gasteiger partial charge in [0.05, 0.1) is 5.56 Å². The van der Waals surface area contributed by atoms with Crippen LogP contribution in [0.4, 0.5) is 18.9 Å². The zero-order valence-corrected chi connectivity index (χ0v) is 14.0. The van der Waals surface area contributed by atoms with Crippen LogP contribution in [0.25, 0.3) is 0 Å². The largest absolute Gasteiger partial charge is 0.416 e. The molecule has 0 aliphatic rings. The standard InChI is InChI=1S/C15H20F3N3O2.ClH/c1-2-5-20-13(22)3-4-14(23)21-12-7-10(9-19)6-11(8-12)15(16,17)18;/h6-8H,2-5,9,19H2,1H3,(H,20,22)(H,21,23);1H. The Bertz CT molecular complexity index is 565. The summed E-state index contributed by atoms with van der Waals surface area (Å²) in [5.41, 5.74) is 4.77. The SMILES string of the molecule is CCCNC(=O)CCC(=O)Nc1cc(CN)cc(C(F)(F)F)c1.Cl. The van der Waals surface area contributed by atoms with Crippen molar-refractivity contribution in [2.24, 2.45) is 5.73 Å². The van der Waals surface area contributed by atoms with Gasteiger partial charge in [0.15, 0.2) is 0 Å². The molecule has 0 aliphatic carbocycles. The van der Waals surface area contributed by atoms with Gasteiger partial charge in [-0.3, -0.25) is 9.59 Å². The highest BCUT2D eigenvalue weighted by Gasteiger charge is 2.31. The average molecular weight is 368 g/mol. The molecule has 0 spiro atoms. The maximum atomic E-state index is 12.8. The number of anilines is 1. The van der Waals surface area contributed by atoms with Crippen LogP contribution in [0.5, 0.6) is 0 Å². The number of nitrogens with two attached hydrogens (primary N) is 1. The van der Waals surface area contributed by atoms with Crippen molar-refractivity contribution < 1.29 is 22.8 Å². The van der Waals surface area contributed by atoms with E-state index in [2.05, 4.69) is 10.6 Å². The number of hydrogen-bond acceptors (Lipinski definition) is 3. The summed E-state index contributed by atoms with van der Waals surface area (Å²) in [5.74, 6) is -0.798. The molecule has 1 aromatic rings. The van der Waals surface area contributed by atoms with Gasteiger partial charge in [0.25, 0.3) is 0 Å². The lowest BCUT2D eigenvalue weighted by molar-refractivity contribution is -0.137. The lowest BCUT2D eigenvalue weighted by Crippen LogP contribution is -2.25. The number of hydrogen-bond donors (Lipinski definition) is 3. The lowest BCUT2D eigenvalue weighted by atomic mass is 10.1. The number of alkyl halides is 3. The molecule has 0 aromatic heterocycles. The highest BCUT2D eigenvalue weighted by Crippen LogP contribution is 2.32. The Kier molecular flexibility index (Phi) is 9.38. The molecule has 1 rings (SSSR count). The Morgan fingerprint density at radius 1 is 1.12 bits per heavy atom. The predicted molar refractivity (Wildman–Crippen MR) is 87.7 cm³/mol. The first-order valence-electron chi connectivity index (χ1n) is 7.24. The smallest absolute Gasteiger partial charge is 0.356 e. The highest BCUT2D eigenvalue weighted by molar-refractivity contribution is 5.93. The second kappa shape index (κ2) is 10.1. The van der Waals surface area contributed by atoms with Crippen molar-refractivity contribution in [2.75, 3.05) is 11.9 Å². The molecule has 2 amide bonds. The Hall–Kier alpha value is -1.80. The van der Waals surface area contributed by atoms with Crippen LogP contribution in [-0.2, 0) is 22.3 Å². The highest BCUT2D eigenvalue weighted by atomic mass is 35.5. The molecule has 24 heavy (non-hydrogen) atoms. The van der Waals surface area contributed by atoms with E-state index in [1.54, 1.807) is 0 Å². The van der Waals surface area contributed by atoms with E-state index in [0.717, 1.165) is 18.6 Å². The first-order valence-corrected chi connectivity index (χ1v) is 7.24. The van der Waals surface area contributed by atoms with Gasteiger partial charge >= 0.3 is 6.18 Å². The molecule has 5 nitrogen and oxygen atoms in total. The second-order valence-corrected chi connectivity index (χ2v) is 5.02. The van der Waals surface area contributed by atoms with Crippen LogP contribution in [-0.4, -0.2) is 18.4 Å². The molecule has 1 aromatic carbocycles. The average Bonchev–Trinajstić information content (AvgIpc) is 2.49. The number of nitrogens with one attached hydrogen (secondary N) is 2. The minimum atomic E-state index is -4.52. The molecule has 0 atom stereocenters. The third-order valence-electron chi connectivity index (χ3n) is 2.99. The summed E-state index contributed by atoms with van der Waals surface area (Å²) in [6.07, 6.45) is -3.87. The summed E-state index contributed by atoms with van der Waals surface area (Å²) in [6, 6.07) is 3.16. The minimum absolute atomic E-state index is 0. The van der Waals surface area contributed by atoms with Crippen LogP contribution in [0.1, 0.15) is 37.3 Å². The van der Waals surface area contributed by atoms with Crippen molar-refractivity contribution in [1.29, 1.82) is 0 Å². The number of amides is 2. The van der Waals surface area contributed by atoms with E-state index >= 15 is 0 Å². The zero-order chi connectivity index (χ0) is 17.5. The number of rotatable bonds is 7. The topological polar surface area (TPSA) is 84.2 Å². The Morgan fingerprint density at radius 2 is 1.75 bits per heavy atom. The van der Waals surface area contributed by atoms with E-state index in [1.807, 2.05) is 6.92 Å². The third kappa shape index (κ3) is 7.65. The minimum Gasteiger partial charge on any atom is -0.356 e. The Morgan fingerprint density at radius 3 is 2.29 bits per heavy atom. The van der Waals surface area contributed by atoms with E-state index in [9.17, 15) is 22.8 Å². The number of halogens is 4. The summed E-state index contributed by atoms with van der Waals surface area (Å²) in [7, 11) is 0. The first kappa shape index (κ1) is 22.2. The van der Waals surface area contributed by atoms with E-state index in [4.69, 9.17) is 5.73 Å². The number of benzene rings is 1. The fourth-order valence-electron chi connectivity index (χ4n) is 1.85. The maximum absolute atomic E-state index is 12.8. The molecule has 0 saturated heterocycles. The molecule has 0 radical (unpaired) electrons. The molecular weight excluding hydrogens is 347 g/mol. The molecule has 0 heterocycles. The van der Waals surface area contributed by atoms with Gasteiger partial charge in [-0.2, -0.15) is 13.2 Å². The molecule has 0 unspecified atom stereocenters. The summed E-state index contributed by atoms with van der Waals surface area (Å²) in [6.45, 7) is 2.34. The maximum Gasteiger partial charge on any atom is 0.416 e. The second-order valence-electron chi connectivity index (χ2n) is 5.02. The number of carbonyl (C=O) groups is 2. The van der Waals surface area contributed by atoms with Crippen molar-refractivity contribution in [3.63, 3.8) is 0 Å². The van der Waals surface area contributed by atoms with Gasteiger partial charge in [0, 0.05) is 31.6 Å². The van der Waals surface area contributed by atoms with Gasteiger partial charge in [-0.05, 0) is 30.2 Å². The van der Waals surface area contributed by atoms with E-state index in [-0.39, 0.29) is 49.0 Å². The van der Waals surface area contributed by atoms with Crippen molar-refractivity contribution in [1.82, 2.24) is 5.32 Å². The zero-order valence-electron chi connectivity index (χ0n) is 13.2. The van der Waals surface area contributed by atoms with Gasteiger partial charge in [-0.25, -0.2) is 0 Å². The van der Waals surface area contributed by atoms with E-state index < -0.39 is 17.6 Å². The van der Waals surface area contributed by atoms with Crippen molar-refractivity contribution >= 4 is 29.9 Å². The van der Waals surface area contributed by atoms with Crippen LogP contribution in [0, 0.1) is 0 Å². The van der Waals surface area contributed by atoms with Gasteiger partial charge in [-0.15, -0.1) is 12.4 Å². The molecule has 0 saturated carbocycles. The summed E-state index contributed by atoms with van der Waals surface area (Å²) >= 11 is 0. The first-order chi connectivity index (χ1) is 10.8. The molecule has 0 fully saturated rings. The molecule has 0 bridgehead atoms. The van der Waals surface area contributed by atoms with E-state index in [1.165, 1.54) is 6.07 Å². The summed E-state index contributed by atoms with van der Waals surface area (Å²) in [4.78, 5) is 23.1. The van der Waals surface area contributed by atoms with Crippen LogP contribution < -0.4 is 16.4 Å². The monoisotopic (exact) mass is 367 g/mol. The number of carbonyl (C=O) groups excluding carboxylic acids is 2. The van der Waals surface area contributed by atoms with Gasteiger partial charge in [-0.1, -0.05) is 6.92 Å². The fraction of sp³-hybridized carbons (Fsp3) is 0.467. The molecular formula is C15H21ClF3N3O2. The molecule has 9 heteroatoms. The van der Waals surface area contributed by atoms with Crippen LogP contribution in [0.15, 0.2) is 18.2 Å². The van der Waals surface area contributed by atoms with Crippen LogP contribution >= 0.6 is 12.4 Å². The predicted octanol–water partition coefficient (Wildman–Crippen LogP) is 2.83. The van der Waals surface area contributed by atoms with Crippen molar-refractivity contribution in [3.05, 3.63) is 29.3 Å². The van der Waals surface area contributed by atoms with Crippen LogP contribution in [0.2, 0.25) is 0 Å². The van der Waals surface area contributed by atoms with Gasteiger partial charge in [0.2, 0.25) is 11.8 Å². The van der Waals surface area contributed by atoms with Gasteiger partial charge < -0.3 is 16.4 Å². The van der Waals surface area contributed by atoms with E-state index in [0.29, 0.717) is 6.54 Å². The van der Waals surface area contributed by atoms with Crippen molar-refractivity contribution in [2.45, 2.75) is 38.9 Å². The molecule has 0 aliphatic heterocycles. The Balaban J connectivity index is 0.00000529. The summed E-state index contributed by atoms with van der Waals surface area (Å²) in [5, 5.41) is 4.98. The summed E-state index contributed by atoms with van der Waals surface area (Å²) < 4.78 is 38.4. The van der Waals surface area contributed by atoms with Gasteiger partial charge in [0.1, 0.15) is 0 Å². The van der Waals surface area contributed by atoms with Crippen molar-refractivity contribution in [3.8, 4) is 0 Å². The fourth-order valence-corrected chi connectivity index (χ4v) is 1.85. The third-order valence-corrected chi connectivity index (χ3v) is 2.99. The lowest BCUT2D eigenvalue weighted by Gasteiger charge is -2.12. The normalized spacial score (nSPS) is 10.7. The molecule has 4 N–H and O–H groups in total. The van der Waals surface area contributed by atoms with Crippen LogP contribution in [0.3, 0.4) is 0 Å². The quantitative estimate of drug-likeness (QED) is 0.692.